The zero-order valence-electron chi connectivity index (χ0n) is 10.6. The van der Waals surface area contributed by atoms with Gasteiger partial charge in [-0.3, -0.25) is 0 Å². The largest absolute Gasteiger partial charge is 0.467 e. The van der Waals surface area contributed by atoms with E-state index in [9.17, 15) is 5.11 Å². The van der Waals surface area contributed by atoms with Crippen LogP contribution in [0.15, 0.2) is 47.1 Å². The van der Waals surface area contributed by atoms with Crippen LogP contribution >= 0.6 is 0 Å². The Morgan fingerprint density at radius 3 is 2.78 bits per heavy atom. The first-order chi connectivity index (χ1) is 8.66. The Balaban J connectivity index is 1.96. The van der Waals surface area contributed by atoms with Crippen LogP contribution in [0.25, 0.3) is 0 Å². The topological polar surface area (TPSA) is 48.6 Å². The monoisotopic (exact) mass is 246 g/mol. The first-order valence-electron chi connectivity index (χ1n) is 5.89. The summed E-state index contributed by atoms with van der Waals surface area (Å²) in [4.78, 5) is 2.04. The quantitative estimate of drug-likeness (QED) is 0.851. The van der Waals surface area contributed by atoms with Crippen molar-refractivity contribution in [1.29, 1.82) is 0 Å². The van der Waals surface area contributed by atoms with Crippen LogP contribution in [0.3, 0.4) is 0 Å². The molecule has 0 amide bonds. The summed E-state index contributed by atoms with van der Waals surface area (Å²) >= 11 is 0. The number of nitrogens with one attached hydrogen (secondary N) is 1. The molecule has 18 heavy (non-hydrogen) atoms. The highest BCUT2D eigenvalue weighted by Gasteiger charge is 2.09. The number of nitrogens with zero attached hydrogens (tertiary/aromatic N) is 1. The van der Waals surface area contributed by atoms with E-state index in [1.54, 1.807) is 18.4 Å². The summed E-state index contributed by atoms with van der Waals surface area (Å²) in [6.07, 6.45) is 0.925. The van der Waals surface area contributed by atoms with Crippen LogP contribution in [0.2, 0.25) is 0 Å². The summed E-state index contributed by atoms with van der Waals surface area (Å²) in [6, 6.07) is 11.6. The zero-order valence-corrected chi connectivity index (χ0v) is 10.6. The summed E-state index contributed by atoms with van der Waals surface area (Å²) in [6.45, 7) is 0.421. The molecule has 1 heterocycles. The van der Waals surface area contributed by atoms with Crippen molar-refractivity contribution >= 4 is 11.4 Å². The third-order valence-corrected chi connectivity index (χ3v) is 2.73. The molecule has 0 bridgehead atoms. The Kier molecular flexibility index (Phi) is 3.89. The van der Waals surface area contributed by atoms with Crippen molar-refractivity contribution in [1.82, 2.24) is 0 Å². The maximum absolute atomic E-state index is 9.88. The van der Waals surface area contributed by atoms with E-state index >= 15 is 0 Å². The lowest BCUT2D eigenvalue weighted by molar-refractivity contribution is 0.162. The molecule has 2 rings (SSSR count). The van der Waals surface area contributed by atoms with Crippen LogP contribution in [0.4, 0.5) is 11.4 Å². The van der Waals surface area contributed by atoms with E-state index in [4.69, 9.17) is 4.42 Å². The number of anilines is 2. The third kappa shape index (κ3) is 3.05. The van der Waals surface area contributed by atoms with Crippen LogP contribution in [-0.2, 0) is 0 Å². The van der Waals surface area contributed by atoms with E-state index in [2.05, 4.69) is 5.32 Å². The molecular formula is C14H18N2O2. The van der Waals surface area contributed by atoms with Crippen molar-refractivity contribution < 1.29 is 9.52 Å². The number of rotatable bonds is 5. The first-order valence-corrected chi connectivity index (χ1v) is 5.89. The van der Waals surface area contributed by atoms with Crippen molar-refractivity contribution in [2.75, 3.05) is 30.9 Å². The molecule has 1 unspecified atom stereocenters. The van der Waals surface area contributed by atoms with Gasteiger partial charge in [-0.1, -0.05) is 6.07 Å². The molecule has 2 N–H and O–H groups in total. The van der Waals surface area contributed by atoms with E-state index in [-0.39, 0.29) is 0 Å². The summed E-state index contributed by atoms with van der Waals surface area (Å²) in [5.41, 5.74) is 2.10. The number of hydrogen-bond donors (Lipinski definition) is 2. The van der Waals surface area contributed by atoms with E-state index in [0.29, 0.717) is 12.3 Å². The fourth-order valence-electron chi connectivity index (χ4n) is 1.69. The van der Waals surface area contributed by atoms with Crippen LogP contribution < -0.4 is 10.2 Å². The van der Waals surface area contributed by atoms with Gasteiger partial charge in [0.1, 0.15) is 11.9 Å². The molecule has 2 aromatic rings. The summed E-state index contributed by atoms with van der Waals surface area (Å²) in [5.74, 6) is 0.575. The Bertz CT molecular complexity index is 480. The van der Waals surface area contributed by atoms with Gasteiger partial charge in [-0.2, -0.15) is 0 Å². The van der Waals surface area contributed by atoms with Crippen LogP contribution in [0.5, 0.6) is 0 Å². The molecule has 0 fully saturated rings. The summed E-state index contributed by atoms with van der Waals surface area (Å²) in [7, 11) is 3.99. The minimum atomic E-state index is -0.636. The highest BCUT2D eigenvalue weighted by molar-refractivity contribution is 5.57. The molecule has 0 aliphatic heterocycles. The molecule has 1 aromatic heterocycles. The molecule has 4 nitrogen and oxygen atoms in total. The van der Waals surface area contributed by atoms with Crippen molar-refractivity contribution in [3.05, 3.63) is 48.4 Å². The van der Waals surface area contributed by atoms with Gasteiger partial charge < -0.3 is 19.7 Å². The van der Waals surface area contributed by atoms with Crippen molar-refractivity contribution in [3.63, 3.8) is 0 Å². The first kappa shape index (κ1) is 12.5. The van der Waals surface area contributed by atoms with Crippen LogP contribution in [0, 0.1) is 0 Å². The van der Waals surface area contributed by atoms with Gasteiger partial charge in [0.25, 0.3) is 0 Å². The number of aliphatic hydroxyl groups is 1. The second-order valence-electron chi connectivity index (χ2n) is 4.36. The zero-order chi connectivity index (χ0) is 13.0. The predicted molar refractivity (Wildman–Crippen MR) is 72.9 cm³/mol. The van der Waals surface area contributed by atoms with Gasteiger partial charge in [0.15, 0.2) is 0 Å². The number of hydrogen-bond acceptors (Lipinski definition) is 4. The highest BCUT2D eigenvalue weighted by atomic mass is 16.4. The normalized spacial score (nSPS) is 12.2. The molecule has 1 aromatic carbocycles. The van der Waals surface area contributed by atoms with E-state index < -0.39 is 6.10 Å². The Morgan fingerprint density at radius 2 is 2.11 bits per heavy atom. The average Bonchev–Trinajstić information content (AvgIpc) is 2.90. The van der Waals surface area contributed by atoms with Gasteiger partial charge >= 0.3 is 0 Å². The van der Waals surface area contributed by atoms with Gasteiger partial charge in [-0.15, -0.1) is 0 Å². The minimum absolute atomic E-state index is 0.421. The van der Waals surface area contributed by atoms with Crippen LogP contribution in [-0.4, -0.2) is 25.7 Å². The molecule has 0 aliphatic rings. The maximum Gasteiger partial charge on any atom is 0.134 e. The van der Waals surface area contributed by atoms with E-state index in [1.165, 1.54) is 0 Å². The molecule has 4 heteroatoms. The molecule has 96 valence electrons. The second-order valence-corrected chi connectivity index (χ2v) is 4.36. The molecule has 0 aliphatic carbocycles. The van der Waals surface area contributed by atoms with Gasteiger partial charge in [-0.05, 0) is 30.3 Å². The molecular weight excluding hydrogens is 228 g/mol. The lowest BCUT2D eigenvalue weighted by atomic mass is 10.2. The molecule has 0 saturated heterocycles. The fraction of sp³-hybridized carbons (Fsp3) is 0.286. The Labute approximate surface area is 107 Å². The summed E-state index contributed by atoms with van der Waals surface area (Å²) < 4.78 is 5.15. The Hall–Kier alpha value is -1.94. The van der Waals surface area contributed by atoms with Crippen molar-refractivity contribution in [2.45, 2.75) is 6.10 Å². The lowest BCUT2D eigenvalue weighted by Gasteiger charge is -2.15. The number of benzene rings is 1. The number of furan rings is 1. The molecule has 0 radical (unpaired) electrons. The SMILES string of the molecule is CN(C)c1cccc(NCC(O)c2ccco2)c1. The summed E-state index contributed by atoms with van der Waals surface area (Å²) in [5, 5.41) is 13.1. The average molecular weight is 246 g/mol. The molecule has 0 saturated carbocycles. The van der Waals surface area contributed by atoms with Gasteiger partial charge in [-0.25, -0.2) is 0 Å². The number of aliphatic hydroxyl groups excluding tert-OH is 1. The highest BCUT2D eigenvalue weighted by Crippen LogP contribution is 2.19. The maximum atomic E-state index is 9.88. The molecule has 1 atom stereocenters. The molecule has 0 spiro atoms. The van der Waals surface area contributed by atoms with Crippen molar-refractivity contribution in [3.8, 4) is 0 Å². The Morgan fingerprint density at radius 1 is 1.28 bits per heavy atom. The van der Waals surface area contributed by atoms with Gasteiger partial charge in [0.05, 0.1) is 6.26 Å². The predicted octanol–water partition coefficient (Wildman–Crippen LogP) is 2.49. The van der Waals surface area contributed by atoms with Crippen molar-refractivity contribution in [2.24, 2.45) is 0 Å². The fourth-order valence-corrected chi connectivity index (χ4v) is 1.69. The van der Waals surface area contributed by atoms with E-state index in [1.807, 2.05) is 43.3 Å². The minimum Gasteiger partial charge on any atom is -0.467 e. The van der Waals surface area contributed by atoms with Crippen LogP contribution in [0.1, 0.15) is 11.9 Å². The standard InChI is InChI=1S/C14H18N2O2/c1-16(2)12-6-3-5-11(9-12)15-10-13(17)14-7-4-8-18-14/h3-9,13,15,17H,10H2,1-2H3. The van der Waals surface area contributed by atoms with Gasteiger partial charge in [0.2, 0.25) is 0 Å². The van der Waals surface area contributed by atoms with Gasteiger partial charge in [0, 0.05) is 32.0 Å². The second kappa shape index (κ2) is 5.60. The third-order valence-electron chi connectivity index (χ3n) is 2.73. The smallest absolute Gasteiger partial charge is 0.134 e. The van der Waals surface area contributed by atoms with E-state index in [0.717, 1.165) is 11.4 Å². The lowest BCUT2D eigenvalue weighted by Crippen LogP contribution is -2.12.